The van der Waals surface area contributed by atoms with Crippen molar-refractivity contribution in [3.05, 3.63) is 0 Å². The predicted molar refractivity (Wildman–Crippen MR) is 71.6 cm³/mol. The summed E-state index contributed by atoms with van der Waals surface area (Å²) in [5, 5.41) is 0. The van der Waals surface area contributed by atoms with E-state index in [9.17, 15) is 4.79 Å². The van der Waals surface area contributed by atoms with Crippen LogP contribution in [0.25, 0.3) is 0 Å². The molecule has 0 amide bonds. The topological polar surface area (TPSA) is 44.8 Å². The van der Waals surface area contributed by atoms with E-state index in [1.807, 2.05) is 20.8 Å². The van der Waals surface area contributed by atoms with Crippen molar-refractivity contribution >= 4 is 5.97 Å². The Kier molecular flexibility index (Phi) is 3.94. The number of hydrogen-bond acceptors (Lipinski definition) is 4. The van der Waals surface area contributed by atoms with Gasteiger partial charge < -0.3 is 14.2 Å². The molecule has 0 N–H and O–H groups in total. The predicted octanol–water partition coefficient (Wildman–Crippen LogP) is 2.90. The van der Waals surface area contributed by atoms with E-state index in [-0.39, 0.29) is 17.5 Å². The maximum absolute atomic E-state index is 12.2. The van der Waals surface area contributed by atoms with E-state index in [0.29, 0.717) is 6.10 Å². The van der Waals surface area contributed by atoms with Crippen LogP contribution >= 0.6 is 0 Å². The van der Waals surface area contributed by atoms with Gasteiger partial charge in [0.1, 0.15) is 0 Å². The van der Waals surface area contributed by atoms with E-state index >= 15 is 0 Å². The van der Waals surface area contributed by atoms with Crippen molar-refractivity contribution in [2.24, 2.45) is 10.8 Å². The van der Waals surface area contributed by atoms with Crippen molar-refractivity contribution in [3.63, 3.8) is 0 Å². The van der Waals surface area contributed by atoms with Gasteiger partial charge in [0.2, 0.25) is 6.29 Å². The Hall–Kier alpha value is -0.610. The molecule has 2 bridgehead atoms. The van der Waals surface area contributed by atoms with Crippen LogP contribution in [0.5, 0.6) is 0 Å². The van der Waals surface area contributed by atoms with E-state index in [0.717, 1.165) is 25.7 Å². The van der Waals surface area contributed by atoms with Gasteiger partial charge in [-0.1, -0.05) is 13.8 Å². The summed E-state index contributed by atoms with van der Waals surface area (Å²) in [5.74, 6) is -0.189. The molecule has 0 spiro atoms. The van der Waals surface area contributed by atoms with Gasteiger partial charge in [-0.2, -0.15) is 0 Å². The summed E-state index contributed by atoms with van der Waals surface area (Å²) in [7, 11) is 1.61. The van der Waals surface area contributed by atoms with Gasteiger partial charge >= 0.3 is 5.97 Å². The molecule has 4 nitrogen and oxygen atoms in total. The van der Waals surface area contributed by atoms with Gasteiger partial charge in [-0.3, -0.25) is 4.79 Å². The van der Waals surface area contributed by atoms with Crippen LogP contribution in [0.15, 0.2) is 0 Å². The summed E-state index contributed by atoms with van der Waals surface area (Å²) in [5.41, 5.74) is -0.678. The standard InChI is InChI=1S/C15H26O4/c1-6-14(2,3)12(16)19-13(17-5)15(4)9-10-7-8-11(15)18-10/h10-11,13H,6-9H2,1-5H3. The molecule has 2 saturated heterocycles. The number of methoxy groups -OCH3 is 1. The molecule has 4 unspecified atom stereocenters. The molecule has 110 valence electrons. The highest BCUT2D eigenvalue weighted by Gasteiger charge is 2.55. The van der Waals surface area contributed by atoms with Gasteiger partial charge in [-0.05, 0) is 39.5 Å². The molecule has 2 heterocycles. The summed E-state index contributed by atoms with van der Waals surface area (Å²) in [6, 6.07) is 0. The zero-order chi connectivity index (χ0) is 14.3. The molecule has 0 aromatic carbocycles. The number of esters is 1. The molecule has 0 radical (unpaired) electrons. The molecular formula is C15H26O4. The molecule has 2 aliphatic heterocycles. The Morgan fingerprint density at radius 2 is 2.16 bits per heavy atom. The fourth-order valence-electron chi connectivity index (χ4n) is 3.06. The van der Waals surface area contributed by atoms with Gasteiger partial charge in [0.15, 0.2) is 0 Å². The zero-order valence-electron chi connectivity index (χ0n) is 12.7. The van der Waals surface area contributed by atoms with Crippen molar-refractivity contribution in [1.29, 1.82) is 0 Å². The molecule has 2 fully saturated rings. The first-order chi connectivity index (χ1) is 8.83. The van der Waals surface area contributed by atoms with Crippen molar-refractivity contribution in [2.75, 3.05) is 7.11 Å². The maximum atomic E-state index is 12.2. The average molecular weight is 270 g/mol. The molecule has 2 aliphatic rings. The molecule has 4 heteroatoms. The fraction of sp³-hybridized carbons (Fsp3) is 0.933. The van der Waals surface area contributed by atoms with Gasteiger partial charge in [-0.15, -0.1) is 0 Å². The largest absolute Gasteiger partial charge is 0.435 e. The molecule has 0 aromatic rings. The van der Waals surface area contributed by atoms with Crippen LogP contribution in [0.4, 0.5) is 0 Å². The molecule has 0 aromatic heterocycles. The number of carbonyl (C=O) groups excluding carboxylic acids is 1. The van der Waals surface area contributed by atoms with Crippen molar-refractivity contribution in [3.8, 4) is 0 Å². The number of rotatable bonds is 5. The van der Waals surface area contributed by atoms with Gasteiger partial charge in [0.25, 0.3) is 0 Å². The smallest absolute Gasteiger partial charge is 0.313 e. The van der Waals surface area contributed by atoms with E-state index in [4.69, 9.17) is 14.2 Å². The van der Waals surface area contributed by atoms with E-state index in [1.165, 1.54) is 0 Å². The number of carbonyl (C=O) groups is 1. The van der Waals surface area contributed by atoms with Gasteiger partial charge in [0.05, 0.1) is 23.0 Å². The maximum Gasteiger partial charge on any atom is 0.313 e. The second kappa shape index (κ2) is 5.06. The lowest BCUT2D eigenvalue weighted by atomic mass is 9.75. The SMILES string of the molecule is CCC(C)(C)C(=O)OC(OC)C1(C)CC2CCC1O2. The highest BCUT2D eigenvalue weighted by atomic mass is 16.7. The summed E-state index contributed by atoms with van der Waals surface area (Å²) < 4.78 is 17.0. The Morgan fingerprint density at radius 1 is 1.47 bits per heavy atom. The molecule has 0 aliphatic carbocycles. The van der Waals surface area contributed by atoms with Gasteiger partial charge in [-0.25, -0.2) is 0 Å². The molecule has 4 atom stereocenters. The minimum atomic E-state index is -0.513. The second-order valence-electron chi connectivity index (χ2n) is 6.74. The molecular weight excluding hydrogens is 244 g/mol. The normalized spacial score (nSPS) is 35.4. The van der Waals surface area contributed by atoms with Crippen LogP contribution in [-0.2, 0) is 19.0 Å². The Bertz CT molecular complexity index is 352. The zero-order valence-corrected chi connectivity index (χ0v) is 12.7. The van der Waals surface area contributed by atoms with Crippen LogP contribution < -0.4 is 0 Å². The molecule has 19 heavy (non-hydrogen) atoms. The van der Waals surface area contributed by atoms with E-state index in [1.54, 1.807) is 7.11 Å². The van der Waals surface area contributed by atoms with Crippen LogP contribution in [-0.4, -0.2) is 31.6 Å². The third-order valence-corrected chi connectivity index (χ3v) is 4.91. The Morgan fingerprint density at radius 3 is 2.58 bits per heavy atom. The van der Waals surface area contributed by atoms with Crippen LogP contribution in [0.1, 0.15) is 53.4 Å². The van der Waals surface area contributed by atoms with Crippen molar-refractivity contribution in [2.45, 2.75) is 71.9 Å². The quantitative estimate of drug-likeness (QED) is 0.569. The highest BCUT2D eigenvalue weighted by molar-refractivity contribution is 5.75. The highest BCUT2D eigenvalue weighted by Crippen LogP contribution is 2.50. The monoisotopic (exact) mass is 270 g/mol. The number of fused-ring (bicyclic) bond motifs is 2. The summed E-state index contributed by atoms with van der Waals surface area (Å²) in [6.07, 6.45) is 3.77. The molecule has 2 rings (SSSR count). The van der Waals surface area contributed by atoms with E-state index in [2.05, 4.69) is 6.92 Å². The Labute approximate surface area is 115 Å². The van der Waals surface area contributed by atoms with Crippen LogP contribution in [0.3, 0.4) is 0 Å². The minimum absolute atomic E-state index is 0.153. The summed E-state index contributed by atoms with van der Waals surface area (Å²) in [4.78, 5) is 12.2. The van der Waals surface area contributed by atoms with Crippen molar-refractivity contribution < 1.29 is 19.0 Å². The lowest BCUT2D eigenvalue weighted by Gasteiger charge is -2.38. The Balaban J connectivity index is 2.07. The van der Waals surface area contributed by atoms with Crippen LogP contribution in [0.2, 0.25) is 0 Å². The number of ether oxygens (including phenoxy) is 3. The van der Waals surface area contributed by atoms with E-state index < -0.39 is 11.7 Å². The first-order valence-corrected chi connectivity index (χ1v) is 7.23. The summed E-state index contributed by atoms with van der Waals surface area (Å²) in [6.45, 7) is 7.91. The second-order valence-corrected chi connectivity index (χ2v) is 6.74. The lowest BCUT2D eigenvalue weighted by molar-refractivity contribution is -0.216. The number of hydrogen-bond donors (Lipinski definition) is 0. The first-order valence-electron chi connectivity index (χ1n) is 7.23. The average Bonchev–Trinajstić information content (AvgIpc) is 2.95. The fourth-order valence-corrected chi connectivity index (χ4v) is 3.06. The van der Waals surface area contributed by atoms with Crippen LogP contribution in [0, 0.1) is 10.8 Å². The lowest BCUT2D eigenvalue weighted by Crippen LogP contribution is -2.46. The molecule has 0 saturated carbocycles. The third kappa shape index (κ3) is 2.52. The first kappa shape index (κ1) is 14.8. The van der Waals surface area contributed by atoms with Crippen molar-refractivity contribution in [1.82, 2.24) is 0 Å². The third-order valence-electron chi connectivity index (χ3n) is 4.91. The minimum Gasteiger partial charge on any atom is -0.435 e. The van der Waals surface area contributed by atoms with Gasteiger partial charge in [0, 0.05) is 7.11 Å². The summed E-state index contributed by atoms with van der Waals surface area (Å²) >= 11 is 0.